The highest BCUT2D eigenvalue weighted by molar-refractivity contribution is 5.89. The molecule has 1 aromatic rings. The highest BCUT2D eigenvalue weighted by atomic mass is 19.1. The van der Waals surface area contributed by atoms with Crippen molar-refractivity contribution in [1.82, 2.24) is 15.1 Å². The molecule has 6 heteroatoms. The second kappa shape index (κ2) is 9.67. The second-order valence-corrected chi connectivity index (χ2v) is 7.14. The molecule has 1 atom stereocenters. The third-order valence-corrected chi connectivity index (χ3v) is 4.80. The van der Waals surface area contributed by atoms with Gasteiger partial charge in [0.25, 0.3) is 0 Å². The van der Waals surface area contributed by atoms with Crippen molar-refractivity contribution < 1.29 is 14.0 Å². The van der Waals surface area contributed by atoms with Crippen LogP contribution in [-0.2, 0) is 16.1 Å². The van der Waals surface area contributed by atoms with E-state index < -0.39 is 6.04 Å². The minimum absolute atomic E-state index is 0.0135. The van der Waals surface area contributed by atoms with Gasteiger partial charge in [-0.1, -0.05) is 25.5 Å². The third kappa shape index (κ3) is 5.53. The number of hydrogen-bond acceptors (Lipinski definition) is 3. The predicted molar refractivity (Wildman–Crippen MR) is 100.0 cm³/mol. The Morgan fingerprint density at radius 1 is 1.35 bits per heavy atom. The summed E-state index contributed by atoms with van der Waals surface area (Å²) < 4.78 is 13.1. The van der Waals surface area contributed by atoms with E-state index in [1.165, 1.54) is 12.1 Å². The van der Waals surface area contributed by atoms with Crippen LogP contribution in [0.15, 0.2) is 24.3 Å². The first kappa shape index (κ1) is 20.4. The van der Waals surface area contributed by atoms with E-state index in [4.69, 9.17) is 0 Å². The molecule has 1 fully saturated rings. The van der Waals surface area contributed by atoms with Crippen LogP contribution in [-0.4, -0.2) is 53.3 Å². The van der Waals surface area contributed by atoms with Crippen LogP contribution in [0.5, 0.6) is 0 Å². The molecule has 2 amide bonds. The number of carbonyl (C=O) groups excluding carboxylic acids is 2. The lowest BCUT2D eigenvalue weighted by Gasteiger charge is -2.36. The summed E-state index contributed by atoms with van der Waals surface area (Å²) in [4.78, 5) is 29.1. The molecule has 0 saturated carbocycles. The fourth-order valence-corrected chi connectivity index (χ4v) is 3.28. The van der Waals surface area contributed by atoms with Gasteiger partial charge in [0.15, 0.2) is 0 Å². The Morgan fingerprint density at radius 3 is 2.65 bits per heavy atom. The molecule has 1 aliphatic rings. The van der Waals surface area contributed by atoms with Crippen molar-refractivity contribution in [3.63, 3.8) is 0 Å². The summed E-state index contributed by atoms with van der Waals surface area (Å²) in [6.45, 7) is 8.60. The molecule has 0 spiro atoms. The molecule has 0 aromatic heterocycles. The molecule has 0 bridgehead atoms. The van der Waals surface area contributed by atoms with Crippen LogP contribution in [0.2, 0.25) is 0 Å². The van der Waals surface area contributed by atoms with E-state index in [-0.39, 0.29) is 30.1 Å². The van der Waals surface area contributed by atoms with Crippen molar-refractivity contribution in [2.75, 3.05) is 19.6 Å². The summed E-state index contributed by atoms with van der Waals surface area (Å²) in [5.74, 6) is -0.370. The van der Waals surface area contributed by atoms with Crippen LogP contribution in [0.3, 0.4) is 0 Å². The Morgan fingerprint density at radius 2 is 2.04 bits per heavy atom. The summed E-state index contributed by atoms with van der Waals surface area (Å²) in [7, 11) is 0. The molecular formula is C20H30FN3O2. The van der Waals surface area contributed by atoms with Crippen LogP contribution < -0.4 is 5.32 Å². The topological polar surface area (TPSA) is 52.7 Å². The molecule has 26 heavy (non-hydrogen) atoms. The average molecular weight is 363 g/mol. The van der Waals surface area contributed by atoms with Crippen LogP contribution in [0.4, 0.5) is 4.39 Å². The van der Waals surface area contributed by atoms with E-state index in [1.807, 2.05) is 23.6 Å². The number of halogens is 1. The zero-order valence-electron chi connectivity index (χ0n) is 16.0. The molecule has 0 radical (unpaired) electrons. The maximum atomic E-state index is 13.1. The lowest BCUT2D eigenvalue weighted by atomic mass is 10.1. The summed E-state index contributed by atoms with van der Waals surface area (Å²) in [6.07, 6.45) is 2.16. The van der Waals surface area contributed by atoms with Gasteiger partial charge in [0.05, 0.1) is 12.5 Å². The minimum Gasteiger partial charge on any atom is -0.353 e. The molecule has 0 aliphatic carbocycles. The monoisotopic (exact) mass is 363 g/mol. The number of amides is 2. The van der Waals surface area contributed by atoms with Gasteiger partial charge in [-0.25, -0.2) is 4.39 Å². The van der Waals surface area contributed by atoms with Crippen molar-refractivity contribution in [1.29, 1.82) is 0 Å². The lowest BCUT2D eigenvalue weighted by Crippen LogP contribution is -2.56. The molecular weight excluding hydrogens is 333 g/mol. The molecule has 2 rings (SSSR count). The van der Waals surface area contributed by atoms with Gasteiger partial charge < -0.3 is 10.2 Å². The van der Waals surface area contributed by atoms with E-state index in [0.29, 0.717) is 19.6 Å². The van der Waals surface area contributed by atoms with E-state index in [0.717, 1.165) is 24.9 Å². The second-order valence-electron chi connectivity index (χ2n) is 7.14. The molecule has 1 aliphatic heterocycles. The van der Waals surface area contributed by atoms with Crippen LogP contribution in [0.25, 0.3) is 0 Å². The SMILES string of the molecule is CCCCN(C(=O)C[C@H]1C(=O)NCCN1Cc1ccc(F)cc1)C(C)C. The fourth-order valence-electron chi connectivity index (χ4n) is 3.28. The predicted octanol–water partition coefficient (Wildman–Crippen LogP) is 2.55. The van der Waals surface area contributed by atoms with Gasteiger partial charge in [-0.15, -0.1) is 0 Å². The Balaban J connectivity index is 2.07. The molecule has 1 aromatic carbocycles. The van der Waals surface area contributed by atoms with E-state index in [9.17, 15) is 14.0 Å². The number of carbonyl (C=O) groups is 2. The first-order valence-corrected chi connectivity index (χ1v) is 9.48. The molecule has 144 valence electrons. The molecule has 1 N–H and O–H groups in total. The summed E-state index contributed by atoms with van der Waals surface area (Å²) in [5, 5.41) is 2.86. The number of piperazine rings is 1. The molecule has 5 nitrogen and oxygen atoms in total. The van der Waals surface area contributed by atoms with Crippen molar-refractivity contribution in [2.24, 2.45) is 0 Å². The zero-order chi connectivity index (χ0) is 19.1. The highest BCUT2D eigenvalue weighted by Crippen LogP contribution is 2.16. The van der Waals surface area contributed by atoms with Gasteiger partial charge >= 0.3 is 0 Å². The molecule has 1 saturated heterocycles. The average Bonchev–Trinajstić information content (AvgIpc) is 2.60. The van der Waals surface area contributed by atoms with Crippen molar-refractivity contribution in [3.05, 3.63) is 35.6 Å². The number of hydrogen-bond donors (Lipinski definition) is 1. The van der Waals surface area contributed by atoms with Crippen LogP contribution in [0.1, 0.15) is 45.6 Å². The number of unbranched alkanes of at least 4 members (excludes halogenated alkanes) is 1. The van der Waals surface area contributed by atoms with Crippen LogP contribution in [0, 0.1) is 5.82 Å². The van der Waals surface area contributed by atoms with Gasteiger partial charge in [0.2, 0.25) is 11.8 Å². The first-order valence-electron chi connectivity index (χ1n) is 9.48. The normalized spacial score (nSPS) is 18.0. The zero-order valence-corrected chi connectivity index (χ0v) is 16.0. The lowest BCUT2D eigenvalue weighted by molar-refractivity contribution is -0.140. The van der Waals surface area contributed by atoms with Gasteiger partial charge in [-0.05, 0) is 38.0 Å². The fraction of sp³-hybridized carbons (Fsp3) is 0.600. The number of rotatable bonds is 8. The Kier molecular flexibility index (Phi) is 7.57. The molecule has 0 unspecified atom stereocenters. The number of benzene rings is 1. The molecule has 1 heterocycles. The Bertz CT molecular complexity index is 604. The third-order valence-electron chi connectivity index (χ3n) is 4.80. The largest absolute Gasteiger partial charge is 0.353 e. The highest BCUT2D eigenvalue weighted by Gasteiger charge is 2.33. The van der Waals surface area contributed by atoms with Crippen LogP contribution >= 0.6 is 0 Å². The van der Waals surface area contributed by atoms with Gasteiger partial charge in [0, 0.05) is 32.2 Å². The standard InChI is InChI=1S/C20H30FN3O2/c1-4-5-11-24(15(2)3)19(25)13-18-20(26)22-10-12-23(18)14-16-6-8-17(21)9-7-16/h6-9,15,18H,4-5,10-14H2,1-3H3,(H,22,26)/t18-/m0/s1. The van der Waals surface area contributed by atoms with Crippen molar-refractivity contribution >= 4 is 11.8 Å². The van der Waals surface area contributed by atoms with Gasteiger partial charge in [0.1, 0.15) is 5.82 Å². The summed E-state index contributed by atoms with van der Waals surface area (Å²) in [6, 6.07) is 5.93. The maximum absolute atomic E-state index is 13.1. The van der Waals surface area contributed by atoms with E-state index >= 15 is 0 Å². The van der Waals surface area contributed by atoms with Gasteiger partial charge in [-0.2, -0.15) is 0 Å². The summed E-state index contributed by atoms with van der Waals surface area (Å²) >= 11 is 0. The number of nitrogens with zero attached hydrogens (tertiary/aromatic N) is 2. The smallest absolute Gasteiger partial charge is 0.237 e. The Hall–Kier alpha value is -1.95. The number of nitrogens with one attached hydrogen (secondary N) is 1. The minimum atomic E-state index is -0.482. The van der Waals surface area contributed by atoms with Crippen molar-refractivity contribution in [2.45, 2.75) is 58.7 Å². The van der Waals surface area contributed by atoms with E-state index in [1.54, 1.807) is 12.1 Å². The summed E-state index contributed by atoms with van der Waals surface area (Å²) in [5.41, 5.74) is 0.935. The van der Waals surface area contributed by atoms with E-state index in [2.05, 4.69) is 12.2 Å². The van der Waals surface area contributed by atoms with Crippen molar-refractivity contribution in [3.8, 4) is 0 Å². The quantitative estimate of drug-likeness (QED) is 0.772. The van der Waals surface area contributed by atoms with Gasteiger partial charge in [-0.3, -0.25) is 14.5 Å². The Labute approximate surface area is 155 Å². The first-order chi connectivity index (χ1) is 12.4. The maximum Gasteiger partial charge on any atom is 0.237 e.